The maximum absolute atomic E-state index is 12.0. The summed E-state index contributed by atoms with van der Waals surface area (Å²) in [6, 6.07) is 0. The first-order valence-corrected chi connectivity index (χ1v) is 9.15. The average Bonchev–Trinajstić information content (AvgIpc) is 2.80. The zero-order valence-corrected chi connectivity index (χ0v) is 14.4. The molecule has 1 fully saturated rings. The molecule has 0 aromatic rings. The number of primary amides is 1. The summed E-state index contributed by atoms with van der Waals surface area (Å²) in [5, 5.41) is 4.15. The second-order valence-corrected chi connectivity index (χ2v) is 7.95. The van der Waals surface area contributed by atoms with Crippen LogP contribution in [0.2, 0.25) is 0 Å². The van der Waals surface area contributed by atoms with Gasteiger partial charge in [0.15, 0.2) is 0 Å². The quantitative estimate of drug-likeness (QED) is 0.687. The van der Waals surface area contributed by atoms with Gasteiger partial charge in [0.25, 0.3) is 0 Å². The fraction of sp³-hybridized carbons (Fsp3) is 0.938. The minimum absolute atomic E-state index is 0.143. The Bertz CT molecular complexity index is 309. The molecule has 1 aliphatic carbocycles. The van der Waals surface area contributed by atoms with Gasteiger partial charge in [0.05, 0.1) is 0 Å². The van der Waals surface area contributed by atoms with Gasteiger partial charge in [0, 0.05) is 5.25 Å². The molecule has 1 aliphatic rings. The third kappa shape index (κ3) is 4.39. The summed E-state index contributed by atoms with van der Waals surface area (Å²) in [4.78, 5) is 12.0. The van der Waals surface area contributed by atoms with Gasteiger partial charge in [-0.15, -0.1) is 0 Å². The van der Waals surface area contributed by atoms with Crippen LogP contribution in [-0.4, -0.2) is 29.0 Å². The first-order valence-electron chi connectivity index (χ1n) is 8.10. The van der Waals surface area contributed by atoms with Crippen LogP contribution < -0.4 is 11.1 Å². The van der Waals surface area contributed by atoms with Gasteiger partial charge < -0.3 is 11.1 Å². The van der Waals surface area contributed by atoms with Crippen molar-refractivity contribution in [2.75, 3.05) is 12.3 Å². The van der Waals surface area contributed by atoms with Gasteiger partial charge in [-0.1, -0.05) is 34.1 Å². The van der Waals surface area contributed by atoms with E-state index < -0.39 is 5.54 Å². The second kappa shape index (κ2) is 8.28. The molecule has 3 N–H and O–H groups in total. The number of carbonyl (C=O) groups is 1. The largest absolute Gasteiger partial charge is 0.368 e. The van der Waals surface area contributed by atoms with E-state index in [0.29, 0.717) is 17.1 Å². The Morgan fingerprint density at radius 3 is 2.70 bits per heavy atom. The van der Waals surface area contributed by atoms with Gasteiger partial charge in [-0.05, 0) is 49.8 Å². The van der Waals surface area contributed by atoms with Crippen LogP contribution in [0.5, 0.6) is 0 Å². The Morgan fingerprint density at radius 1 is 1.45 bits per heavy atom. The summed E-state index contributed by atoms with van der Waals surface area (Å²) < 4.78 is 0. The Kier molecular flexibility index (Phi) is 7.38. The lowest BCUT2D eigenvalue weighted by atomic mass is 9.84. The summed E-state index contributed by atoms with van der Waals surface area (Å²) >= 11 is 2.03. The molecule has 4 heteroatoms. The van der Waals surface area contributed by atoms with Crippen molar-refractivity contribution < 1.29 is 4.79 Å². The highest BCUT2D eigenvalue weighted by molar-refractivity contribution is 7.99. The second-order valence-electron chi connectivity index (χ2n) is 6.46. The monoisotopic (exact) mass is 300 g/mol. The average molecular weight is 301 g/mol. The standard InChI is InChI=1S/C16H32N2OS/c1-5-10-18-16(15(17)19)9-6-7-14(16)8-11-20-13(4)12(2)3/h12-14,18H,5-11H2,1-4H3,(H2,17,19). The first-order chi connectivity index (χ1) is 9.44. The number of thioether (sulfide) groups is 1. The highest BCUT2D eigenvalue weighted by atomic mass is 32.2. The Labute approximate surface area is 128 Å². The molecule has 0 aromatic carbocycles. The molecule has 3 unspecified atom stereocenters. The van der Waals surface area contributed by atoms with E-state index in [0.717, 1.165) is 44.4 Å². The SMILES string of the molecule is CCCNC1(C(N)=O)CCCC1CCSC(C)C(C)C. The number of amides is 1. The zero-order valence-electron chi connectivity index (χ0n) is 13.6. The Hall–Kier alpha value is -0.220. The summed E-state index contributed by atoms with van der Waals surface area (Å²) in [6.07, 6.45) is 5.31. The van der Waals surface area contributed by atoms with E-state index in [-0.39, 0.29) is 5.91 Å². The van der Waals surface area contributed by atoms with E-state index in [2.05, 4.69) is 33.0 Å². The predicted octanol–water partition coefficient (Wildman–Crippen LogP) is 3.18. The highest BCUT2D eigenvalue weighted by Crippen LogP contribution is 2.39. The van der Waals surface area contributed by atoms with E-state index in [4.69, 9.17) is 5.73 Å². The molecule has 118 valence electrons. The van der Waals surface area contributed by atoms with Crippen molar-refractivity contribution in [1.82, 2.24) is 5.32 Å². The number of nitrogens with two attached hydrogens (primary N) is 1. The van der Waals surface area contributed by atoms with Gasteiger partial charge in [0.2, 0.25) is 5.91 Å². The van der Waals surface area contributed by atoms with Crippen LogP contribution >= 0.6 is 11.8 Å². The summed E-state index contributed by atoms with van der Waals surface area (Å²) in [5.74, 6) is 2.11. The molecule has 0 radical (unpaired) electrons. The molecule has 1 saturated carbocycles. The first kappa shape index (κ1) is 17.8. The molecule has 1 rings (SSSR count). The smallest absolute Gasteiger partial charge is 0.238 e. The van der Waals surface area contributed by atoms with Crippen molar-refractivity contribution in [2.45, 2.75) is 70.6 Å². The Balaban J connectivity index is 2.55. The third-order valence-electron chi connectivity index (χ3n) is 4.74. The summed E-state index contributed by atoms with van der Waals surface area (Å²) in [7, 11) is 0. The topological polar surface area (TPSA) is 55.1 Å². The molecule has 1 amide bonds. The number of rotatable bonds is 9. The van der Waals surface area contributed by atoms with Crippen molar-refractivity contribution >= 4 is 17.7 Å². The molecule has 0 saturated heterocycles. The van der Waals surface area contributed by atoms with Crippen LogP contribution in [0.25, 0.3) is 0 Å². The number of hydrogen-bond donors (Lipinski definition) is 2. The minimum Gasteiger partial charge on any atom is -0.368 e. The normalized spacial score (nSPS) is 27.9. The molecule has 0 spiro atoms. The van der Waals surface area contributed by atoms with Crippen molar-refractivity contribution in [1.29, 1.82) is 0 Å². The van der Waals surface area contributed by atoms with Gasteiger partial charge in [0.1, 0.15) is 5.54 Å². The number of carbonyl (C=O) groups excluding carboxylic acids is 1. The summed E-state index contributed by atoms with van der Waals surface area (Å²) in [6.45, 7) is 9.84. The van der Waals surface area contributed by atoms with Gasteiger partial charge in [-0.2, -0.15) is 11.8 Å². The van der Waals surface area contributed by atoms with E-state index in [1.54, 1.807) is 0 Å². The lowest BCUT2D eigenvalue weighted by molar-refractivity contribution is -0.126. The van der Waals surface area contributed by atoms with Crippen molar-refractivity contribution in [3.8, 4) is 0 Å². The van der Waals surface area contributed by atoms with Gasteiger partial charge in [-0.25, -0.2) is 0 Å². The Morgan fingerprint density at radius 2 is 2.15 bits per heavy atom. The van der Waals surface area contributed by atoms with E-state index >= 15 is 0 Å². The van der Waals surface area contributed by atoms with Crippen LogP contribution in [-0.2, 0) is 4.79 Å². The lowest BCUT2D eigenvalue weighted by Gasteiger charge is -2.34. The fourth-order valence-electron chi connectivity index (χ4n) is 3.05. The summed E-state index contributed by atoms with van der Waals surface area (Å²) in [5.41, 5.74) is 5.30. The molecular weight excluding hydrogens is 268 g/mol. The maximum atomic E-state index is 12.0. The molecule has 0 aliphatic heterocycles. The van der Waals surface area contributed by atoms with Crippen LogP contribution in [0.4, 0.5) is 0 Å². The van der Waals surface area contributed by atoms with E-state index in [9.17, 15) is 4.79 Å². The van der Waals surface area contributed by atoms with Crippen LogP contribution in [0, 0.1) is 11.8 Å². The molecule has 20 heavy (non-hydrogen) atoms. The molecule has 0 heterocycles. The number of nitrogens with one attached hydrogen (secondary N) is 1. The molecule has 0 bridgehead atoms. The van der Waals surface area contributed by atoms with Crippen molar-refractivity contribution in [3.63, 3.8) is 0 Å². The highest BCUT2D eigenvalue weighted by Gasteiger charge is 2.46. The van der Waals surface area contributed by atoms with Gasteiger partial charge >= 0.3 is 0 Å². The molecule has 0 aromatic heterocycles. The third-order valence-corrected chi connectivity index (χ3v) is 6.28. The van der Waals surface area contributed by atoms with Crippen molar-refractivity contribution in [3.05, 3.63) is 0 Å². The van der Waals surface area contributed by atoms with Gasteiger partial charge in [-0.3, -0.25) is 4.79 Å². The zero-order chi connectivity index (χ0) is 15.2. The molecule has 3 nitrogen and oxygen atoms in total. The minimum atomic E-state index is -0.433. The fourth-order valence-corrected chi connectivity index (χ4v) is 4.23. The van der Waals surface area contributed by atoms with Crippen LogP contribution in [0.15, 0.2) is 0 Å². The predicted molar refractivity (Wildman–Crippen MR) is 88.9 cm³/mol. The van der Waals surface area contributed by atoms with E-state index in [1.165, 1.54) is 0 Å². The van der Waals surface area contributed by atoms with Crippen LogP contribution in [0.1, 0.15) is 59.8 Å². The van der Waals surface area contributed by atoms with Crippen LogP contribution in [0.3, 0.4) is 0 Å². The molecular formula is C16H32N2OS. The van der Waals surface area contributed by atoms with E-state index in [1.807, 2.05) is 11.8 Å². The number of hydrogen-bond acceptors (Lipinski definition) is 3. The van der Waals surface area contributed by atoms with Crippen molar-refractivity contribution in [2.24, 2.45) is 17.6 Å². The molecule has 3 atom stereocenters. The maximum Gasteiger partial charge on any atom is 0.238 e. The lowest BCUT2D eigenvalue weighted by Crippen LogP contribution is -2.58.